The van der Waals surface area contributed by atoms with E-state index >= 15 is 0 Å². The number of imide groups is 1. The first-order chi connectivity index (χ1) is 29.8. The number of sulfonamides is 1. The van der Waals surface area contributed by atoms with Gasteiger partial charge >= 0.3 is 0 Å². The molecule has 9 rings (SSSR count). The van der Waals surface area contributed by atoms with Crippen LogP contribution in [-0.4, -0.2) is 100 Å². The molecule has 3 aliphatic heterocycles. The number of piperazine rings is 1. The summed E-state index contributed by atoms with van der Waals surface area (Å²) in [5, 5.41) is 6.73. The smallest absolute Gasteiger partial charge is 0.270 e. The zero-order valence-corrected chi connectivity index (χ0v) is 35.1. The quantitative estimate of drug-likeness (QED) is 0.175. The van der Waals surface area contributed by atoms with E-state index in [1.165, 1.54) is 10.6 Å². The fraction of sp³-hybridized carbons (Fsp3) is 0.318. The van der Waals surface area contributed by atoms with Crippen molar-refractivity contribution in [3.05, 3.63) is 99.6 Å². The number of furan rings is 1. The number of nitrogens with zero attached hydrogens (tertiary/aromatic N) is 8. The number of pyridine rings is 3. The van der Waals surface area contributed by atoms with E-state index in [1.807, 2.05) is 18.2 Å². The molecule has 316 valence electrons. The monoisotopic (exact) mass is 854 g/mol. The van der Waals surface area contributed by atoms with Crippen molar-refractivity contribution in [3.63, 3.8) is 0 Å². The number of hydrogen-bond donors (Lipinski definition) is 2. The van der Waals surface area contributed by atoms with Crippen molar-refractivity contribution in [1.29, 1.82) is 0 Å². The van der Waals surface area contributed by atoms with Crippen molar-refractivity contribution >= 4 is 66.9 Å². The molecule has 0 aliphatic carbocycles. The minimum absolute atomic E-state index is 0.0683. The van der Waals surface area contributed by atoms with E-state index in [9.17, 15) is 27.6 Å². The Morgan fingerprint density at radius 3 is 2.55 bits per heavy atom. The van der Waals surface area contributed by atoms with E-state index in [0.29, 0.717) is 96.4 Å². The number of hydrogen-bond acceptors (Lipinski definition) is 13. The Morgan fingerprint density at radius 1 is 0.968 bits per heavy atom. The van der Waals surface area contributed by atoms with Gasteiger partial charge in [0.2, 0.25) is 21.8 Å². The fourth-order valence-electron chi connectivity index (χ4n) is 8.31. The number of rotatable bonds is 7. The topological polar surface area (TPSA) is 206 Å². The Balaban J connectivity index is 0.903. The summed E-state index contributed by atoms with van der Waals surface area (Å²) in [4.78, 5) is 73.6. The first kappa shape index (κ1) is 40.4. The summed E-state index contributed by atoms with van der Waals surface area (Å²) in [6, 6.07) is 12.5. The minimum atomic E-state index is -3.32. The molecular weight excluding hydrogens is 813 g/mol. The number of carbonyl (C=O) groups is 3. The number of carbonyl (C=O) groups excluding carboxylic acids is 3. The average molecular weight is 855 g/mol. The fourth-order valence-corrected chi connectivity index (χ4v) is 9.14. The number of fused-ring (bicyclic) bond motifs is 3. The lowest BCUT2D eigenvalue weighted by atomic mass is 9.90. The number of amides is 3. The Kier molecular flexibility index (Phi) is 10.5. The van der Waals surface area contributed by atoms with Gasteiger partial charge < -0.3 is 24.1 Å². The van der Waals surface area contributed by atoms with Gasteiger partial charge in [0.15, 0.2) is 5.82 Å². The second-order valence-corrected chi connectivity index (χ2v) is 17.7. The molecule has 62 heavy (non-hydrogen) atoms. The Labute approximate surface area is 356 Å². The van der Waals surface area contributed by atoms with Gasteiger partial charge in [-0.3, -0.25) is 29.5 Å². The van der Waals surface area contributed by atoms with Crippen LogP contribution in [0.5, 0.6) is 0 Å². The van der Waals surface area contributed by atoms with Gasteiger partial charge in [-0.15, -0.1) is 0 Å². The summed E-state index contributed by atoms with van der Waals surface area (Å²) in [5.74, 6) is 6.29. The third-order valence-corrected chi connectivity index (χ3v) is 12.9. The van der Waals surface area contributed by atoms with Crippen LogP contribution in [0.2, 0.25) is 0 Å². The van der Waals surface area contributed by atoms with Crippen molar-refractivity contribution in [1.82, 2.24) is 39.4 Å². The molecule has 8 heterocycles. The van der Waals surface area contributed by atoms with Crippen LogP contribution < -0.4 is 26.0 Å². The molecule has 6 aromatic rings. The summed E-state index contributed by atoms with van der Waals surface area (Å²) in [7, 11) is -1.57. The highest BCUT2D eigenvalue weighted by Crippen LogP contribution is 2.38. The second-order valence-electron chi connectivity index (χ2n) is 15.7. The summed E-state index contributed by atoms with van der Waals surface area (Å²) in [6.45, 7) is 4.09. The Bertz CT molecular complexity index is 3050. The maximum absolute atomic E-state index is 13.1. The van der Waals surface area contributed by atoms with Gasteiger partial charge in [-0.1, -0.05) is 11.8 Å². The van der Waals surface area contributed by atoms with Crippen LogP contribution in [0.15, 0.2) is 70.3 Å². The molecule has 18 heteroatoms. The maximum atomic E-state index is 13.1. The molecule has 0 radical (unpaired) electrons. The van der Waals surface area contributed by atoms with E-state index < -0.39 is 21.8 Å². The standard InChI is InChI=1S/C44H42N10O7S/c1-26-20-31-35(51(2)44(26)58)22-38(52-16-18-53(19-17-52)62(3,59)60)49-41(31)54-15-5-7-33-36(54)24-47-40(48-33)28-9-11-34(46-23-28)43(57)45-14-4-6-27-8-12-37-30(21-27)32(25-61-37)29-10-13-39(55)50-42(29)56/h8-9,11-12,20-25,29H,5,7,10,13-19H2,1-3H3,(H,45,57)(H,50,55,56). The molecule has 2 saturated heterocycles. The zero-order chi connectivity index (χ0) is 43.3. The summed E-state index contributed by atoms with van der Waals surface area (Å²) in [5.41, 5.74) is 5.65. The van der Waals surface area contributed by atoms with Gasteiger partial charge in [0.25, 0.3) is 11.5 Å². The first-order valence-electron chi connectivity index (χ1n) is 20.3. The highest BCUT2D eigenvalue weighted by Gasteiger charge is 2.31. The SMILES string of the molecule is Cc1cc2c(N3CCCc4nc(-c5ccc(C(=O)NCC#Cc6ccc7occ(C8CCC(=O)NC8=O)c7c6)nc5)ncc43)nc(N3CCN(S(C)(=O)=O)CC3)cc2n(C)c1=O. The van der Waals surface area contributed by atoms with Crippen molar-refractivity contribution in [3.8, 4) is 23.2 Å². The number of anilines is 3. The minimum Gasteiger partial charge on any atom is -0.464 e. The molecule has 0 bridgehead atoms. The number of benzene rings is 1. The van der Waals surface area contributed by atoms with Gasteiger partial charge in [-0.2, -0.15) is 4.31 Å². The van der Waals surface area contributed by atoms with Crippen molar-refractivity contribution in [2.24, 2.45) is 7.05 Å². The molecule has 3 aliphatic rings. The van der Waals surface area contributed by atoms with Gasteiger partial charge in [0, 0.05) is 91.5 Å². The highest BCUT2D eigenvalue weighted by atomic mass is 32.2. The predicted octanol–water partition coefficient (Wildman–Crippen LogP) is 3.31. The van der Waals surface area contributed by atoms with E-state index in [2.05, 4.69) is 37.3 Å². The van der Waals surface area contributed by atoms with Crippen molar-refractivity contribution in [2.45, 2.75) is 38.5 Å². The van der Waals surface area contributed by atoms with E-state index in [0.717, 1.165) is 28.6 Å². The van der Waals surface area contributed by atoms with Crippen LogP contribution in [0.1, 0.15) is 58.1 Å². The van der Waals surface area contributed by atoms with Gasteiger partial charge in [0.1, 0.15) is 22.9 Å². The molecule has 1 unspecified atom stereocenters. The largest absolute Gasteiger partial charge is 0.464 e. The second kappa shape index (κ2) is 16.1. The van der Waals surface area contributed by atoms with Crippen LogP contribution in [0.3, 0.4) is 0 Å². The van der Waals surface area contributed by atoms with E-state index in [1.54, 1.807) is 61.5 Å². The molecule has 17 nitrogen and oxygen atoms in total. The zero-order valence-electron chi connectivity index (χ0n) is 34.3. The molecular formula is C44H42N10O7S. The summed E-state index contributed by atoms with van der Waals surface area (Å²) >= 11 is 0. The maximum Gasteiger partial charge on any atom is 0.270 e. The van der Waals surface area contributed by atoms with Crippen LogP contribution in [0.25, 0.3) is 33.3 Å². The van der Waals surface area contributed by atoms with Crippen LogP contribution in [-0.2, 0) is 33.1 Å². The van der Waals surface area contributed by atoms with Gasteiger partial charge in [0.05, 0.1) is 48.1 Å². The van der Waals surface area contributed by atoms with Crippen LogP contribution >= 0.6 is 0 Å². The Hall–Kier alpha value is -6.97. The molecule has 1 atom stereocenters. The third-order valence-electron chi connectivity index (χ3n) is 11.6. The number of nitrogens with one attached hydrogen (secondary N) is 2. The summed E-state index contributed by atoms with van der Waals surface area (Å²) < 4.78 is 33.2. The van der Waals surface area contributed by atoms with Crippen LogP contribution in [0.4, 0.5) is 17.3 Å². The van der Waals surface area contributed by atoms with Crippen molar-refractivity contribution < 1.29 is 27.2 Å². The van der Waals surface area contributed by atoms with Crippen LogP contribution in [0, 0.1) is 18.8 Å². The van der Waals surface area contributed by atoms with Gasteiger partial charge in [-0.25, -0.2) is 23.4 Å². The predicted molar refractivity (Wildman–Crippen MR) is 231 cm³/mol. The molecule has 2 fully saturated rings. The molecule has 2 N–H and O–H groups in total. The van der Waals surface area contributed by atoms with Crippen molar-refractivity contribution in [2.75, 3.05) is 55.3 Å². The number of aryl methyl sites for hydroxylation is 3. The number of piperidine rings is 1. The molecule has 1 aromatic carbocycles. The Morgan fingerprint density at radius 2 is 1.79 bits per heavy atom. The molecule has 0 saturated carbocycles. The lowest BCUT2D eigenvalue weighted by Crippen LogP contribution is -2.48. The average Bonchev–Trinajstić information content (AvgIpc) is 3.69. The molecule has 3 amide bonds. The normalized spacial score (nSPS) is 17.1. The number of aromatic nitrogens is 5. The third kappa shape index (κ3) is 7.76. The van der Waals surface area contributed by atoms with Gasteiger partial charge in [-0.05, 0) is 62.6 Å². The van der Waals surface area contributed by atoms with E-state index in [-0.39, 0.29) is 36.0 Å². The lowest BCUT2D eigenvalue weighted by Gasteiger charge is -2.35. The first-order valence-corrected chi connectivity index (χ1v) is 22.1. The lowest BCUT2D eigenvalue weighted by molar-refractivity contribution is -0.134. The van der Waals surface area contributed by atoms with E-state index in [4.69, 9.17) is 19.4 Å². The molecule has 5 aromatic heterocycles. The molecule has 0 spiro atoms. The highest BCUT2D eigenvalue weighted by molar-refractivity contribution is 7.88. The summed E-state index contributed by atoms with van der Waals surface area (Å²) in [6.07, 6.45) is 8.27.